The third-order valence-corrected chi connectivity index (χ3v) is 5.69. The van der Waals surface area contributed by atoms with E-state index in [-0.39, 0.29) is 6.61 Å². The topological polar surface area (TPSA) is 66.9 Å². The smallest absolute Gasteiger partial charge is 0.331 e. The zero-order valence-corrected chi connectivity index (χ0v) is 18.4. The SMILES string of the molecule is COc1ccccc1-c1nc(COC(=O)/C=C/c2cc(Cl)c3c(c2)OCCCO3)cs1. The number of ether oxygens (including phenoxy) is 4. The third kappa shape index (κ3) is 5.18. The van der Waals surface area contributed by atoms with Crippen LogP contribution in [0.2, 0.25) is 5.02 Å². The number of hydrogen-bond acceptors (Lipinski definition) is 7. The minimum atomic E-state index is -0.477. The van der Waals surface area contributed by atoms with Gasteiger partial charge >= 0.3 is 5.97 Å². The monoisotopic (exact) mass is 457 g/mol. The van der Waals surface area contributed by atoms with Gasteiger partial charge in [0.05, 0.1) is 36.6 Å². The van der Waals surface area contributed by atoms with Crippen LogP contribution in [-0.2, 0) is 16.1 Å². The molecule has 3 aromatic rings. The number of aromatic nitrogens is 1. The molecule has 160 valence electrons. The molecule has 31 heavy (non-hydrogen) atoms. The van der Waals surface area contributed by atoms with E-state index in [1.165, 1.54) is 17.4 Å². The number of hydrogen-bond donors (Lipinski definition) is 0. The summed E-state index contributed by atoms with van der Waals surface area (Å²) in [5.41, 5.74) is 2.29. The zero-order chi connectivity index (χ0) is 21.6. The molecule has 0 fully saturated rings. The van der Waals surface area contributed by atoms with Crippen molar-refractivity contribution < 1.29 is 23.7 Å². The molecule has 0 radical (unpaired) electrons. The van der Waals surface area contributed by atoms with Crippen LogP contribution in [0.3, 0.4) is 0 Å². The highest BCUT2D eigenvalue weighted by Crippen LogP contribution is 2.38. The molecule has 4 rings (SSSR count). The van der Waals surface area contributed by atoms with Gasteiger partial charge in [-0.3, -0.25) is 0 Å². The molecule has 0 bridgehead atoms. The summed E-state index contributed by atoms with van der Waals surface area (Å²) in [5, 5.41) is 3.11. The van der Waals surface area contributed by atoms with Gasteiger partial charge in [-0.15, -0.1) is 11.3 Å². The van der Waals surface area contributed by atoms with Crippen LogP contribution < -0.4 is 14.2 Å². The first kappa shape index (κ1) is 21.2. The average Bonchev–Trinajstić information content (AvgIpc) is 3.13. The van der Waals surface area contributed by atoms with Crippen molar-refractivity contribution in [3.63, 3.8) is 0 Å². The highest BCUT2D eigenvalue weighted by molar-refractivity contribution is 7.13. The lowest BCUT2D eigenvalue weighted by Gasteiger charge is -2.09. The van der Waals surface area contributed by atoms with Gasteiger partial charge in [-0.2, -0.15) is 0 Å². The van der Waals surface area contributed by atoms with Crippen molar-refractivity contribution in [2.75, 3.05) is 20.3 Å². The number of carbonyl (C=O) groups excluding carboxylic acids is 1. The lowest BCUT2D eigenvalue weighted by molar-refractivity contribution is -0.139. The molecular weight excluding hydrogens is 438 g/mol. The van der Waals surface area contributed by atoms with Gasteiger partial charge in [0.1, 0.15) is 17.4 Å². The Morgan fingerprint density at radius 2 is 2.10 bits per heavy atom. The number of esters is 1. The largest absolute Gasteiger partial charge is 0.496 e. The Kier molecular flexibility index (Phi) is 6.74. The van der Waals surface area contributed by atoms with Crippen LogP contribution in [0, 0.1) is 0 Å². The summed E-state index contributed by atoms with van der Waals surface area (Å²) in [6.45, 7) is 1.20. The zero-order valence-electron chi connectivity index (χ0n) is 16.8. The predicted octanol–water partition coefficient (Wildman–Crippen LogP) is 5.39. The van der Waals surface area contributed by atoms with Crippen LogP contribution in [0.5, 0.6) is 17.2 Å². The van der Waals surface area contributed by atoms with Crippen LogP contribution >= 0.6 is 22.9 Å². The first-order chi connectivity index (χ1) is 15.1. The van der Waals surface area contributed by atoms with E-state index in [1.54, 1.807) is 25.3 Å². The molecule has 8 heteroatoms. The van der Waals surface area contributed by atoms with Crippen LogP contribution in [0.1, 0.15) is 17.7 Å². The van der Waals surface area contributed by atoms with Gasteiger partial charge in [-0.25, -0.2) is 9.78 Å². The predicted molar refractivity (Wildman–Crippen MR) is 120 cm³/mol. The van der Waals surface area contributed by atoms with Crippen LogP contribution in [0.25, 0.3) is 16.6 Å². The third-order valence-electron chi connectivity index (χ3n) is 4.49. The Labute approximate surface area is 189 Å². The second-order valence-corrected chi connectivity index (χ2v) is 7.93. The fourth-order valence-electron chi connectivity index (χ4n) is 3.02. The Morgan fingerprint density at radius 3 is 2.97 bits per heavy atom. The molecule has 2 heterocycles. The standard InChI is InChI=1S/C23H20ClNO5S/c1-27-19-6-3-2-5-17(19)23-25-16(14-31-23)13-30-21(26)8-7-15-11-18(24)22-20(12-15)28-9-4-10-29-22/h2-3,5-8,11-12,14H,4,9-10,13H2,1H3/b8-7+. The van der Waals surface area contributed by atoms with E-state index in [2.05, 4.69) is 4.98 Å². The molecule has 0 aliphatic carbocycles. The summed E-state index contributed by atoms with van der Waals surface area (Å²) in [5.74, 6) is 1.38. The Bertz CT molecular complexity index is 1110. The molecule has 0 atom stereocenters. The van der Waals surface area contributed by atoms with Gasteiger partial charge < -0.3 is 18.9 Å². The van der Waals surface area contributed by atoms with Crippen LogP contribution in [-0.4, -0.2) is 31.3 Å². The number of methoxy groups -OCH3 is 1. The molecule has 0 amide bonds. The van der Waals surface area contributed by atoms with E-state index in [0.29, 0.717) is 35.4 Å². The minimum absolute atomic E-state index is 0.0801. The number of para-hydroxylation sites is 1. The second-order valence-electron chi connectivity index (χ2n) is 6.67. The molecule has 0 saturated heterocycles. The molecule has 1 aliphatic rings. The van der Waals surface area contributed by atoms with E-state index >= 15 is 0 Å². The molecule has 0 saturated carbocycles. The summed E-state index contributed by atoms with van der Waals surface area (Å²) in [4.78, 5) is 16.7. The maximum atomic E-state index is 12.2. The molecule has 0 N–H and O–H groups in total. The van der Waals surface area contributed by atoms with E-state index in [1.807, 2.05) is 29.6 Å². The summed E-state index contributed by atoms with van der Waals surface area (Å²) in [6, 6.07) is 11.2. The number of halogens is 1. The van der Waals surface area contributed by atoms with Gasteiger partial charge in [-0.05, 0) is 35.9 Å². The number of nitrogens with zero attached hydrogens (tertiary/aromatic N) is 1. The molecule has 0 spiro atoms. The average molecular weight is 458 g/mol. The van der Waals surface area contributed by atoms with Gasteiger partial charge in [0.15, 0.2) is 11.5 Å². The quantitative estimate of drug-likeness (QED) is 0.365. The number of thiazole rings is 1. The lowest BCUT2D eigenvalue weighted by atomic mass is 10.2. The Balaban J connectivity index is 1.38. The lowest BCUT2D eigenvalue weighted by Crippen LogP contribution is -2.01. The van der Waals surface area contributed by atoms with Gasteiger partial charge in [0.25, 0.3) is 0 Å². The highest BCUT2D eigenvalue weighted by Gasteiger charge is 2.15. The fraction of sp³-hybridized carbons (Fsp3) is 0.217. The van der Waals surface area contributed by atoms with Gasteiger partial charge in [0, 0.05) is 17.9 Å². The maximum absolute atomic E-state index is 12.2. The second kappa shape index (κ2) is 9.85. The number of benzene rings is 2. The van der Waals surface area contributed by atoms with Crippen molar-refractivity contribution >= 4 is 35.0 Å². The summed E-state index contributed by atoms with van der Waals surface area (Å²) in [6.07, 6.45) is 3.77. The molecular formula is C23H20ClNO5S. The summed E-state index contributed by atoms with van der Waals surface area (Å²) in [7, 11) is 1.62. The molecule has 0 unspecified atom stereocenters. The summed E-state index contributed by atoms with van der Waals surface area (Å²) >= 11 is 7.75. The summed E-state index contributed by atoms with van der Waals surface area (Å²) < 4.78 is 22.0. The van der Waals surface area contributed by atoms with Crippen LogP contribution in [0.4, 0.5) is 0 Å². The normalized spacial score (nSPS) is 13.1. The maximum Gasteiger partial charge on any atom is 0.331 e. The van der Waals surface area contributed by atoms with Crippen molar-refractivity contribution in [1.29, 1.82) is 0 Å². The first-order valence-corrected chi connectivity index (χ1v) is 10.9. The molecule has 1 aliphatic heterocycles. The van der Waals surface area contributed by atoms with Crippen molar-refractivity contribution in [3.05, 3.63) is 64.1 Å². The van der Waals surface area contributed by atoms with Crippen molar-refractivity contribution in [1.82, 2.24) is 4.98 Å². The molecule has 2 aromatic carbocycles. The van der Waals surface area contributed by atoms with E-state index in [0.717, 1.165) is 28.3 Å². The Morgan fingerprint density at radius 1 is 1.26 bits per heavy atom. The van der Waals surface area contributed by atoms with Crippen LogP contribution in [0.15, 0.2) is 47.9 Å². The molecule has 6 nitrogen and oxygen atoms in total. The molecule has 1 aromatic heterocycles. The van der Waals surface area contributed by atoms with E-state index in [9.17, 15) is 4.79 Å². The van der Waals surface area contributed by atoms with Gasteiger partial charge in [-0.1, -0.05) is 23.7 Å². The van der Waals surface area contributed by atoms with Crippen molar-refractivity contribution in [2.45, 2.75) is 13.0 Å². The number of rotatable bonds is 6. The van der Waals surface area contributed by atoms with Crippen molar-refractivity contribution in [2.24, 2.45) is 0 Å². The van der Waals surface area contributed by atoms with Crippen molar-refractivity contribution in [3.8, 4) is 27.8 Å². The fourth-order valence-corrected chi connectivity index (χ4v) is 4.13. The minimum Gasteiger partial charge on any atom is -0.496 e. The number of carbonyl (C=O) groups is 1. The van der Waals surface area contributed by atoms with E-state index in [4.69, 9.17) is 30.5 Å². The first-order valence-electron chi connectivity index (χ1n) is 9.66. The Hall–Kier alpha value is -3.03. The number of fused-ring (bicyclic) bond motifs is 1. The van der Waals surface area contributed by atoms with Gasteiger partial charge in [0.2, 0.25) is 0 Å². The van der Waals surface area contributed by atoms with E-state index < -0.39 is 5.97 Å². The highest BCUT2D eigenvalue weighted by atomic mass is 35.5.